The predicted molar refractivity (Wildman–Crippen MR) is 97.7 cm³/mol. The Balaban J connectivity index is 2.24. The van der Waals surface area contributed by atoms with Crippen molar-refractivity contribution in [2.75, 3.05) is 20.4 Å². The standard InChI is InChI=1S/C19H23NO3S/c1-14(17-10-5-6-11-18(17)23-3)20(2)19(21)16-9-7-8-15(12-16)13-24(4)22/h5-12,14H,13H2,1-4H3. The number of rotatable bonds is 6. The molecule has 1 amide bonds. The molecule has 0 aliphatic rings. The van der Waals surface area contributed by atoms with Crippen LogP contribution in [0.3, 0.4) is 0 Å². The van der Waals surface area contributed by atoms with E-state index in [1.165, 1.54) is 0 Å². The van der Waals surface area contributed by atoms with Gasteiger partial charge in [-0.05, 0) is 30.7 Å². The number of para-hydroxylation sites is 1. The SMILES string of the molecule is COc1ccccc1C(C)N(C)C(=O)c1cccc(CS(C)=O)c1. The van der Waals surface area contributed by atoms with Crippen molar-refractivity contribution in [3.05, 3.63) is 65.2 Å². The Morgan fingerprint density at radius 3 is 2.58 bits per heavy atom. The average Bonchev–Trinajstić information content (AvgIpc) is 2.59. The molecule has 5 heteroatoms. The second-order valence-corrected chi connectivity index (χ2v) is 7.19. The monoisotopic (exact) mass is 345 g/mol. The summed E-state index contributed by atoms with van der Waals surface area (Å²) in [6.45, 7) is 1.97. The zero-order valence-electron chi connectivity index (χ0n) is 14.5. The molecular weight excluding hydrogens is 322 g/mol. The van der Waals surface area contributed by atoms with Gasteiger partial charge in [0.15, 0.2) is 0 Å². The molecule has 4 nitrogen and oxygen atoms in total. The molecule has 0 spiro atoms. The molecule has 0 aliphatic heterocycles. The van der Waals surface area contributed by atoms with E-state index in [0.717, 1.165) is 16.9 Å². The largest absolute Gasteiger partial charge is 0.496 e. The third kappa shape index (κ3) is 4.23. The van der Waals surface area contributed by atoms with E-state index in [0.29, 0.717) is 11.3 Å². The Labute approximate surface area is 145 Å². The minimum atomic E-state index is -0.933. The van der Waals surface area contributed by atoms with E-state index >= 15 is 0 Å². The zero-order chi connectivity index (χ0) is 17.7. The van der Waals surface area contributed by atoms with Crippen LogP contribution in [0.2, 0.25) is 0 Å². The van der Waals surface area contributed by atoms with Crippen LogP contribution in [-0.4, -0.2) is 35.4 Å². The third-order valence-electron chi connectivity index (χ3n) is 4.03. The second kappa shape index (κ2) is 8.11. The summed E-state index contributed by atoms with van der Waals surface area (Å²) in [5, 5.41) is 0. The fourth-order valence-electron chi connectivity index (χ4n) is 2.63. The van der Waals surface area contributed by atoms with Crippen LogP contribution in [0.5, 0.6) is 5.75 Å². The first-order valence-corrected chi connectivity index (χ1v) is 9.45. The first kappa shape index (κ1) is 18.2. The topological polar surface area (TPSA) is 46.6 Å². The van der Waals surface area contributed by atoms with Gasteiger partial charge < -0.3 is 9.64 Å². The summed E-state index contributed by atoms with van der Waals surface area (Å²) in [5.41, 5.74) is 2.46. The van der Waals surface area contributed by atoms with Gasteiger partial charge in [0.05, 0.1) is 13.2 Å². The van der Waals surface area contributed by atoms with Crippen LogP contribution < -0.4 is 4.74 Å². The molecule has 128 valence electrons. The second-order valence-electron chi connectivity index (χ2n) is 5.75. The number of carbonyl (C=O) groups excluding carboxylic acids is 1. The molecule has 0 fully saturated rings. The Morgan fingerprint density at radius 2 is 1.92 bits per heavy atom. The molecule has 0 radical (unpaired) electrons. The van der Waals surface area contributed by atoms with Crippen molar-refractivity contribution < 1.29 is 13.7 Å². The lowest BCUT2D eigenvalue weighted by Gasteiger charge is -2.26. The molecule has 2 unspecified atom stereocenters. The number of amides is 1. The van der Waals surface area contributed by atoms with Gasteiger partial charge in [-0.15, -0.1) is 0 Å². The quantitative estimate of drug-likeness (QED) is 0.806. The maximum atomic E-state index is 12.8. The molecule has 0 bridgehead atoms. The first-order chi connectivity index (χ1) is 11.4. The fourth-order valence-corrected chi connectivity index (χ4v) is 3.28. The van der Waals surface area contributed by atoms with E-state index in [4.69, 9.17) is 4.74 Å². The van der Waals surface area contributed by atoms with E-state index in [9.17, 15) is 9.00 Å². The van der Waals surface area contributed by atoms with Crippen LogP contribution in [-0.2, 0) is 16.6 Å². The van der Waals surface area contributed by atoms with Crippen LogP contribution in [0.15, 0.2) is 48.5 Å². The maximum absolute atomic E-state index is 12.8. The van der Waals surface area contributed by atoms with Gasteiger partial charge in [-0.1, -0.05) is 30.3 Å². The van der Waals surface area contributed by atoms with Gasteiger partial charge in [-0.3, -0.25) is 9.00 Å². The number of ether oxygens (including phenoxy) is 1. The van der Waals surface area contributed by atoms with Crippen LogP contribution in [0.1, 0.15) is 34.5 Å². The number of benzene rings is 2. The zero-order valence-corrected chi connectivity index (χ0v) is 15.3. The minimum absolute atomic E-state index is 0.0721. The lowest BCUT2D eigenvalue weighted by Crippen LogP contribution is -2.30. The van der Waals surface area contributed by atoms with Crippen molar-refractivity contribution >= 4 is 16.7 Å². The van der Waals surface area contributed by atoms with E-state index in [1.54, 1.807) is 31.4 Å². The lowest BCUT2D eigenvalue weighted by molar-refractivity contribution is 0.0741. The Morgan fingerprint density at radius 1 is 1.21 bits per heavy atom. The fraction of sp³-hybridized carbons (Fsp3) is 0.316. The number of nitrogens with zero attached hydrogens (tertiary/aromatic N) is 1. The highest BCUT2D eigenvalue weighted by Crippen LogP contribution is 2.29. The molecule has 2 aromatic carbocycles. The molecular formula is C19H23NO3S. The van der Waals surface area contributed by atoms with E-state index in [1.807, 2.05) is 49.4 Å². The average molecular weight is 345 g/mol. The van der Waals surface area contributed by atoms with Gasteiger partial charge in [0.2, 0.25) is 0 Å². The van der Waals surface area contributed by atoms with Crippen molar-refractivity contribution in [1.29, 1.82) is 0 Å². The van der Waals surface area contributed by atoms with E-state index in [2.05, 4.69) is 0 Å². The lowest BCUT2D eigenvalue weighted by atomic mass is 10.0. The van der Waals surface area contributed by atoms with Crippen LogP contribution >= 0.6 is 0 Å². The highest BCUT2D eigenvalue weighted by molar-refractivity contribution is 7.83. The van der Waals surface area contributed by atoms with Gasteiger partial charge in [0.25, 0.3) is 5.91 Å². The summed E-state index contributed by atoms with van der Waals surface area (Å²) in [4.78, 5) is 14.5. The molecule has 2 rings (SSSR count). The highest BCUT2D eigenvalue weighted by atomic mass is 32.2. The van der Waals surface area contributed by atoms with Gasteiger partial charge in [0, 0.05) is 41.0 Å². The summed E-state index contributed by atoms with van der Waals surface area (Å²) < 4.78 is 16.8. The first-order valence-electron chi connectivity index (χ1n) is 7.73. The molecule has 0 aromatic heterocycles. The maximum Gasteiger partial charge on any atom is 0.254 e. The van der Waals surface area contributed by atoms with Crippen LogP contribution in [0.25, 0.3) is 0 Å². The van der Waals surface area contributed by atoms with Gasteiger partial charge in [-0.25, -0.2) is 0 Å². The predicted octanol–water partition coefficient (Wildman–Crippen LogP) is 3.41. The molecule has 0 saturated carbocycles. The molecule has 0 heterocycles. The number of hydrogen-bond acceptors (Lipinski definition) is 3. The third-order valence-corrected chi connectivity index (χ3v) is 4.77. The number of carbonyl (C=O) groups is 1. The van der Waals surface area contributed by atoms with Gasteiger partial charge in [-0.2, -0.15) is 0 Å². The molecule has 24 heavy (non-hydrogen) atoms. The summed E-state index contributed by atoms with van der Waals surface area (Å²) in [6, 6.07) is 14.9. The van der Waals surface area contributed by atoms with Crippen molar-refractivity contribution in [3.63, 3.8) is 0 Å². The summed E-state index contributed by atoms with van der Waals surface area (Å²) in [5.74, 6) is 1.14. The van der Waals surface area contributed by atoms with Crippen molar-refractivity contribution in [2.24, 2.45) is 0 Å². The smallest absolute Gasteiger partial charge is 0.254 e. The minimum Gasteiger partial charge on any atom is -0.496 e. The Hall–Kier alpha value is -2.14. The van der Waals surface area contributed by atoms with Crippen LogP contribution in [0.4, 0.5) is 0 Å². The molecule has 0 saturated heterocycles. The van der Waals surface area contributed by atoms with Crippen molar-refractivity contribution in [3.8, 4) is 5.75 Å². The number of methoxy groups -OCH3 is 1. The normalized spacial score (nSPS) is 13.2. The van der Waals surface area contributed by atoms with Gasteiger partial charge in [0.1, 0.15) is 5.75 Å². The van der Waals surface area contributed by atoms with E-state index in [-0.39, 0.29) is 11.9 Å². The Bertz CT molecular complexity index is 745. The van der Waals surface area contributed by atoms with Crippen molar-refractivity contribution in [2.45, 2.75) is 18.7 Å². The Kier molecular flexibility index (Phi) is 6.15. The molecule has 2 aromatic rings. The summed E-state index contributed by atoms with van der Waals surface area (Å²) >= 11 is 0. The van der Waals surface area contributed by atoms with Crippen LogP contribution in [0, 0.1) is 0 Å². The molecule has 0 aliphatic carbocycles. The highest BCUT2D eigenvalue weighted by Gasteiger charge is 2.21. The number of hydrogen-bond donors (Lipinski definition) is 0. The summed E-state index contributed by atoms with van der Waals surface area (Å²) in [6.07, 6.45) is 1.66. The summed E-state index contributed by atoms with van der Waals surface area (Å²) in [7, 11) is 2.48. The van der Waals surface area contributed by atoms with Crippen molar-refractivity contribution in [1.82, 2.24) is 4.90 Å². The van der Waals surface area contributed by atoms with E-state index < -0.39 is 10.8 Å². The molecule has 2 atom stereocenters. The molecule has 0 N–H and O–H groups in total. The van der Waals surface area contributed by atoms with Gasteiger partial charge >= 0.3 is 0 Å².